The molecule has 0 radical (unpaired) electrons. The molecule has 2 aromatic rings. The molecule has 0 saturated carbocycles. The predicted octanol–water partition coefficient (Wildman–Crippen LogP) is 3.32. The smallest absolute Gasteiger partial charge is 0.325 e. The number of nitrogens with zero attached hydrogens (tertiary/aromatic N) is 5. The van der Waals surface area contributed by atoms with Crippen LogP contribution in [0.1, 0.15) is 43.2 Å². The normalized spacial score (nSPS) is 20.9. The van der Waals surface area contributed by atoms with Crippen LogP contribution in [0.5, 0.6) is 0 Å². The predicted molar refractivity (Wildman–Crippen MR) is 146 cm³/mol. The van der Waals surface area contributed by atoms with Crippen LogP contribution in [0.15, 0.2) is 69.1 Å². The number of carbonyl (C=O) groups is 1. The van der Waals surface area contributed by atoms with E-state index in [1.54, 1.807) is 24.3 Å². The number of piperidine rings is 1. The van der Waals surface area contributed by atoms with Crippen molar-refractivity contribution in [1.82, 2.24) is 14.6 Å². The van der Waals surface area contributed by atoms with Gasteiger partial charge >= 0.3 is 10.2 Å². The van der Waals surface area contributed by atoms with Crippen LogP contribution in [0.25, 0.3) is 0 Å². The number of halogens is 3. The molecule has 1 fully saturated rings. The quantitative estimate of drug-likeness (QED) is 0.423. The van der Waals surface area contributed by atoms with Crippen molar-refractivity contribution in [1.29, 1.82) is 0 Å². The van der Waals surface area contributed by atoms with E-state index in [1.165, 1.54) is 11.9 Å². The van der Waals surface area contributed by atoms with Crippen molar-refractivity contribution >= 4 is 45.3 Å². The summed E-state index contributed by atoms with van der Waals surface area (Å²) in [5.41, 5.74) is 8.14. The first-order chi connectivity index (χ1) is 18.4. The number of nitrogens with two attached hydrogens (primary N) is 1. The Labute approximate surface area is 230 Å². The Morgan fingerprint density at radius 3 is 2.49 bits per heavy atom. The summed E-state index contributed by atoms with van der Waals surface area (Å²) in [6, 6.07) is 16.7. The van der Waals surface area contributed by atoms with Gasteiger partial charge in [-0.3, -0.25) is 10.1 Å². The molecule has 39 heavy (non-hydrogen) atoms. The monoisotopic (exact) mass is 579 g/mol. The molecule has 0 aliphatic carbocycles. The van der Waals surface area contributed by atoms with E-state index in [4.69, 9.17) is 22.4 Å². The number of guanidine groups is 2. The molecule has 14 heteroatoms. The van der Waals surface area contributed by atoms with Crippen LogP contribution in [0.4, 0.5) is 8.78 Å². The Balaban J connectivity index is 1.80. The second-order valence-electron chi connectivity index (χ2n) is 9.21. The Hall–Kier alpha value is -3.42. The molecular formula is C25H28ClF2N7O3S. The van der Waals surface area contributed by atoms with Gasteiger partial charge in [-0.2, -0.15) is 22.8 Å². The third kappa shape index (κ3) is 7.37. The minimum Gasteiger partial charge on any atom is -0.369 e. The maximum atomic E-state index is 14.0. The maximum Gasteiger partial charge on any atom is 0.325 e. The van der Waals surface area contributed by atoms with Crippen molar-refractivity contribution in [2.45, 2.75) is 38.0 Å². The number of carbonyl (C=O) groups excluding carboxylic acids is 1. The van der Waals surface area contributed by atoms with Gasteiger partial charge in [-0.05, 0) is 36.1 Å². The summed E-state index contributed by atoms with van der Waals surface area (Å²) in [6.07, 6.45) is 0.0581. The highest BCUT2D eigenvalue weighted by Crippen LogP contribution is 2.31. The number of hydrogen-bond acceptors (Lipinski definition) is 4. The fourth-order valence-corrected chi connectivity index (χ4v) is 5.70. The van der Waals surface area contributed by atoms with Gasteiger partial charge in [0.05, 0.1) is 12.3 Å². The molecule has 3 N–H and O–H groups in total. The average molecular weight is 580 g/mol. The largest absolute Gasteiger partial charge is 0.369 e. The summed E-state index contributed by atoms with van der Waals surface area (Å²) in [5, 5.41) is 8.74. The highest BCUT2D eigenvalue weighted by molar-refractivity contribution is 7.87. The van der Waals surface area contributed by atoms with Crippen molar-refractivity contribution in [3.8, 4) is 0 Å². The number of nitrogens with one attached hydrogen (secondary N) is 1. The third-order valence-electron chi connectivity index (χ3n) is 6.17. The molecule has 0 spiro atoms. The van der Waals surface area contributed by atoms with Crippen LogP contribution in [-0.4, -0.2) is 66.8 Å². The molecule has 0 aromatic heterocycles. The molecule has 1 amide bonds. The highest BCUT2D eigenvalue weighted by Gasteiger charge is 2.40. The van der Waals surface area contributed by atoms with Gasteiger partial charge in [-0.1, -0.05) is 54.1 Å². The zero-order valence-electron chi connectivity index (χ0n) is 21.1. The van der Waals surface area contributed by atoms with Crippen LogP contribution in [-0.2, 0) is 15.0 Å². The van der Waals surface area contributed by atoms with Crippen LogP contribution in [0.2, 0.25) is 5.02 Å². The minimum atomic E-state index is -4.59. The van der Waals surface area contributed by atoms with Crippen molar-refractivity contribution in [2.24, 2.45) is 20.2 Å². The van der Waals surface area contributed by atoms with Crippen molar-refractivity contribution < 1.29 is 22.0 Å². The van der Waals surface area contributed by atoms with Crippen LogP contribution >= 0.6 is 11.6 Å². The molecular weight excluding hydrogens is 552 g/mol. The average Bonchev–Trinajstić information content (AvgIpc) is 2.88. The van der Waals surface area contributed by atoms with Crippen molar-refractivity contribution in [3.63, 3.8) is 0 Å². The molecule has 2 aromatic carbocycles. The van der Waals surface area contributed by atoms with Gasteiger partial charge < -0.3 is 5.73 Å². The Morgan fingerprint density at radius 1 is 1.15 bits per heavy atom. The van der Waals surface area contributed by atoms with Crippen LogP contribution in [0, 0.1) is 0 Å². The Kier molecular flexibility index (Phi) is 8.62. The van der Waals surface area contributed by atoms with Gasteiger partial charge in [0.25, 0.3) is 11.9 Å². The van der Waals surface area contributed by atoms with E-state index in [1.807, 2.05) is 30.3 Å². The van der Waals surface area contributed by atoms with Crippen LogP contribution in [0.3, 0.4) is 0 Å². The lowest BCUT2D eigenvalue weighted by atomic mass is 9.86. The van der Waals surface area contributed by atoms with Gasteiger partial charge in [0.1, 0.15) is 0 Å². The molecule has 10 nitrogen and oxygen atoms in total. The molecule has 2 aliphatic heterocycles. The van der Waals surface area contributed by atoms with Gasteiger partial charge in [0.2, 0.25) is 11.9 Å². The second-order valence-corrected chi connectivity index (χ2v) is 11.2. The zero-order chi connectivity index (χ0) is 28.2. The van der Waals surface area contributed by atoms with Gasteiger partial charge in [-0.25, -0.2) is 13.8 Å². The Bertz CT molecular complexity index is 1400. The molecule has 1 saturated heterocycles. The lowest BCUT2D eigenvalue weighted by molar-refractivity contribution is -0.117. The fraction of sp³-hybridized carbons (Fsp3) is 0.360. The lowest BCUT2D eigenvalue weighted by Crippen LogP contribution is -2.46. The van der Waals surface area contributed by atoms with E-state index in [0.29, 0.717) is 21.5 Å². The van der Waals surface area contributed by atoms with E-state index in [-0.39, 0.29) is 25.4 Å². The number of hydrogen-bond donors (Lipinski definition) is 2. The number of rotatable bonds is 4. The summed E-state index contributed by atoms with van der Waals surface area (Å²) in [4.78, 5) is 15.5. The Morgan fingerprint density at radius 2 is 1.85 bits per heavy atom. The zero-order valence-corrected chi connectivity index (χ0v) is 22.7. The number of hydrazone groups is 1. The van der Waals surface area contributed by atoms with Crippen LogP contribution < -0.4 is 11.1 Å². The first kappa shape index (κ1) is 28.6. The molecule has 1 atom stereocenters. The third-order valence-corrected chi connectivity index (χ3v) is 7.78. The number of aliphatic imine (C=N–C) groups is 1. The molecule has 2 heterocycles. The van der Waals surface area contributed by atoms with Crippen molar-refractivity contribution in [3.05, 3.63) is 70.7 Å². The highest BCUT2D eigenvalue weighted by atomic mass is 35.5. The minimum absolute atomic E-state index is 0.0181. The second kappa shape index (κ2) is 11.8. The molecule has 208 valence electrons. The van der Waals surface area contributed by atoms with E-state index in [9.17, 15) is 22.0 Å². The summed E-state index contributed by atoms with van der Waals surface area (Å²) < 4.78 is 58.6. The van der Waals surface area contributed by atoms with Crippen molar-refractivity contribution in [2.75, 3.05) is 19.6 Å². The van der Waals surface area contributed by atoms with E-state index >= 15 is 0 Å². The summed E-state index contributed by atoms with van der Waals surface area (Å²) in [6.45, 7) is 0.271. The summed E-state index contributed by atoms with van der Waals surface area (Å²) >= 11 is 6.09. The molecule has 0 bridgehead atoms. The standard InChI is InChI=1S/C25H28ClF2N7O3S/c1-17(36)30-23(29)31-24(33-39(37,38)34-14-5-13-25(27,28)16-34)35-15-12-21(18-6-3-2-4-7-18)22(32-35)19-8-10-20(26)11-9-19/h2-4,6-11,21H,5,12-16H2,1H3,(H3,29,30,31,33,36)/t21-/m1/s1. The van der Waals surface area contributed by atoms with Gasteiger partial charge in [-0.15, -0.1) is 4.40 Å². The fourth-order valence-electron chi connectivity index (χ4n) is 4.40. The first-order valence-electron chi connectivity index (χ1n) is 12.2. The molecule has 4 rings (SSSR count). The molecule has 0 unspecified atom stereocenters. The summed E-state index contributed by atoms with van der Waals surface area (Å²) in [5.74, 6) is -4.75. The maximum absolute atomic E-state index is 14.0. The number of alkyl halides is 2. The molecule has 2 aliphatic rings. The van der Waals surface area contributed by atoms with E-state index in [2.05, 4.69) is 14.7 Å². The lowest BCUT2D eigenvalue weighted by Gasteiger charge is -2.32. The van der Waals surface area contributed by atoms with E-state index in [0.717, 1.165) is 11.1 Å². The summed E-state index contributed by atoms with van der Waals surface area (Å²) in [7, 11) is -4.59. The first-order valence-corrected chi connectivity index (χ1v) is 14.0. The van der Waals surface area contributed by atoms with E-state index < -0.39 is 46.9 Å². The SMILES string of the molecule is CC(=O)N/C(N)=N/C(=N/S(=O)(=O)N1CCCC(F)(F)C1)N1CC[C@H](c2ccccc2)C(c2ccc(Cl)cc2)=N1. The number of amides is 1. The topological polar surface area (TPSA) is 133 Å². The van der Waals surface area contributed by atoms with Gasteiger partial charge in [0, 0.05) is 37.4 Å². The van der Waals surface area contributed by atoms with Gasteiger partial charge in [0.15, 0.2) is 0 Å². The number of benzene rings is 2.